The Morgan fingerprint density at radius 1 is 1.47 bits per heavy atom. The van der Waals surface area contributed by atoms with Crippen LogP contribution in [-0.4, -0.2) is 19.6 Å². The third-order valence-corrected chi connectivity index (χ3v) is 4.11. The molecule has 104 valence electrons. The largest absolute Gasteiger partial charge is 0.467 e. The van der Waals surface area contributed by atoms with Crippen LogP contribution in [0, 0.1) is 0 Å². The van der Waals surface area contributed by atoms with E-state index >= 15 is 0 Å². The van der Waals surface area contributed by atoms with Crippen LogP contribution in [-0.2, 0) is 15.1 Å². The van der Waals surface area contributed by atoms with E-state index in [9.17, 15) is 4.79 Å². The van der Waals surface area contributed by atoms with Crippen LogP contribution in [0.5, 0.6) is 0 Å². The van der Waals surface area contributed by atoms with Crippen molar-refractivity contribution < 1.29 is 9.53 Å². The van der Waals surface area contributed by atoms with Gasteiger partial charge in [0.2, 0.25) is 0 Å². The smallest absolute Gasteiger partial charge is 0.330 e. The molecule has 0 saturated carbocycles. The zero-order chi connectivity index (χ0) is 13.9. The number of hydrogen-bond donors (Lipinski definition) is 1. The molecule has 1 aliphatic carbocycles. The highest BCUT2D eigenvalue weighted by atomic mass is 16.5. The maximum atomic E-state index is 12.4. The highest BCUT2D eigenvalue weighted by Crippen LogP contribution is 2.41. The van der Waals surface area contributed by atoms with Gasteiger partial charge in [-0.3, -0.25) is 5.32 Å². The van der Waals surface area contributed by atoms with Crippen molar-refractivity contribution in [1.82, 2.24) is 5.32 Å². The number of benzene rings is 1. The van der Waals surface area contributed by atoms with Gasteiger partial charge in [0.05, 0.1) is 7.11 Å². The molecular weight excluding hydrogens is 238 g/mol. The number of ether oxygens (including phenoxy) is 1. The van der Waals surface area contributed by atoms with Gasteiger partial charge in [-0.1, -0.05) is 38.1 Å². The molecule has 2 atom stereocenters. The van der Waals surface area contributed by atoms with Gasteiger partial charge in [-0.25, -0.2) is 4.79 Å². The molecule has 1 aromatic carbocycles. The molecule has 0 fully saturated rings. The summed E-state index contributed by atoms with van der Waals surface area (Å²) < 4.78 is 5.08. The lowest BCUT2D eigenvalue weighted by Gasteiger charge is -2.39. The first-order valence-corrected chi connectivity index (χ1v) is 7.08. The molecule has 3 nitrogen and oxygen atoms in total. The van der Waals surface area contributed by atoms with Crippen LogP contribution in [0.3, 0.4) is 0 Å². The van der Waals surface area contributed by atoms with E-state index in [1.807, 2.05) is 12.1 Å². The van der Waals surface area contributed by atoms with E-state index in [1.165, 1.54) is 12.7 Å². The molecule has 3 heteroatoms. The van der Waals surface area contributed by atoms with Crippen LogP contribution in [0.1, 0.15) is 50.2 Å². The van der Waals surface area contributed by atoms with E-state index in [0.717, 1.165) is 31.4 Å². The van der Waals surface area contributed by atoms with E-state index < -0.39 is 5.54 Å². The quantitative estimate of drug-likeness (QED) is 0.847. The van der Waals surface area contributed by atoms with Gasteiger partial charge >= 0.3 is 5.97 Å². The molecule has 1 aromatic rings. The number of carbonyl (C=O) groups is 1. The summed E-state index contributed by atoms with van der Waals surface area (Å²) in [5, 5.41) is 3.44. The summed E-state index contributed by atoms with van der Waals surface area (Å²) in [6.45, 7) is 5.15. The Bertz CT molecular complexity index is 458. The summed E-state index contributed by atoms with van der Waals surface area (Å²) >= 11 is 0. The van der Waals surface area contributed by atoms with Crippen LogP contribution in [0.2, 0.25) is 0 Å². The van der Waals surface area contributed by atoms with Gasteiger partial charge < -0.3 is 4.74 Å². The standard InChI is InChI=1S/C16H23NO2/c1-4-11-17-16(15(18)19-3)10-9-12(2)13-7-5-6-8-14(13)16/h5-8,12,17H,4,9-11H2,1-3H3. The molecule has 0 saturated heterocycles. The third kappa shape index (κ3) is 2.39. The lowest BCUT2D eigenvalue weighted by Crippen LogP contribution is -2.52. The van der Waals surface area contributed by atoms with Crippen LogP contribution < -0.4 is 5.32 Å². The predicted molar refractivity (Wildman–Crippen MR) is 76.1 cm³/mol. The van der Waals surface area contributed by atoms with Crippen molar-refractivity contribution in [3.8, 4) is 0 Å². The van der Waals surface area contributed by atoms with Crippen molar-refractivity contribution in [2.24, 2.45) is 0 Å². The molecule has 1 N–H and O–H groups in total. The number of esters is 1. The molecule has 19 heavy (non-hydrogen) atoms. The van der Waals surface area contributed by atoms with Gasteiger partial charge in [-0.15, -0.1) is 0 Å². The van der Waals surface area contributed by atoms with Crippen molar-refractivity contribution >= 4 is 5.97 Å². The van der Waals surface area contributed by atoms with Crippen molar-refractivity contribution in [2.45, 2.75) is 44.6 Å². The highest BCUT2D eigenvalue weighted by molar-refractivity contribution is 5.83. The average molecular weight is 261 g/mol. The van der Waals surface area contributed by atoms with E-state index in [2.05, 4.69) is 31.3 Å². The molecule has 2 rings (SSSR count). The molecular formula is C16H23NO2. The van der Waals surface area contributed by atoms with E-state index in [4.69, 9.17) is 4.74 Å². The number of fused-ring (bicyclic) bond motifs is 1. The Balaban J connectivity index is 2.49. The fourth-order valence-electron chi connectivity index (χ4n) is 3.02. The van der Waals surface area contributed by atoms with Crippen LogP contribution >= 0.6 is 0 Å². The maximum Gasteiger partial charge on any atom is 0.330 e. The Morgan fingerprint density at radius 2 is 2.21 bits per heavy atom. The fraction of sp³-hybridized carbons (Fsp3) is 0.562. The lowest BCUT2D eigenvalue weighted by atomic mass is 9.72. The van der Waals surface area contributed by atoms with Crippen LogP contribution in [0.4, 0.5) is 0 Å². The van der Waals surface area contributed by atoms with Gasteiger partial charge in [-0.05, 0) is 42.9 Å². The van der Waals surface area contributed by atoms with E-state index in [0.29, 0.717) is 5.92 Å². The Kier molecular flexibility index (Phi) is 4.25. The molecule has 0 aromatic heterocycles. The first-order valence-electron chi connectivity index (χ1n) is 7.08. The van der Waals surface area contributed by atoms with Gasteiger partial charge in [-0.2, -0.15) is 0 Å². The number of rotatable bonds is 4. The van der Waals surface area contributed by atoms with Crippen molar-refractivity contribution in [3.05, 3.63) is 35.4 Å². The summed E-state index contributed by atoms with van der Waals surface area (Å²) in [5.41, 5.74) is 1.70. The predicted octanol–water partition coefficient (Wildman–Crippen LogP) is 2.95. The van der Waals surface area contributed by atoms with Gasteiger partial charge in [0.1, 0.15) is 5.54 Å². The first-order chi connectivity index (χ1) is 9.15. The second-order valence-corrected chi connectivity index (χ2v) is 5.35. The number of nitrogens with one attached hydrogen (secondary N) is 1. The summed E-state index contributed by atoms with van der Waals surface area (Å²) in [4.78, 5) is 12.4. The highest BCUT2D eigenvalue weighted by Gasteiger charge is 2.45. The molecule has 0 amide bonds. The summed E-state index contributed by atoms with van der Waals surface area (Å²) in [6.07, 6.45) is 2.80. The summed E-state index contributed by atoms with van der Waals surface area (Å²) in [7, 11) is 1.47. The molecule has 0 heterocycles. The summed E-state index contributed by atoms with van der Waals surface area (Å²) in [5.74, 6) is 0.331. The zero-order valence-electron chi connectivity index (χ0n) is 12.0. The van der Waals surface area contributed by atoms with E-state index in [-0.39, 0.29) is 5.97 Å². The zero-order valence-corrected chi connectivity index (χ0v) is 12.0. The van der Waals surface area contributed by atoms with Gasteiger partial charge in [0.25, 0.3) is 0 Å². The lowest BCUT2D eigenvalue weighted by molar-refractivity contribution is -0.150. The number of carbonyl (C=O) groups excluding carboxylic acids is 1. The molecule has 0 aliphatic heterocycles. The Labute approximate surface area is 115 Å². The minimum Gasteiger partial charge on any atom is -0.467 e. The monoisotopic (exact) mass is 261 g/mol. The van der Waals surface area contributed by atoms with Gasteiger partial charge in [0.15, 0.2) is 0 Å². The molecule has 1 aliphatic rings. The number of hydrogen-bond acceptors (Lipinski definition) is 3. The third-order valence-electron chi connectivity index (χ3n) is 4.11. The topological polar surface area (TPSA) is 38.3 Å². The average Bonchev–Trinajstić information content (AvgIpc) is 2.46. The number of methoxy groups -OCH3 is 1. The van der Waals surface area contributed by atoms with Crippen molar-refractivity contribution in [3.63, 3.8) is 0 Å². The molecule has 0 bridgehead atoms. The maximum absolute atomic E-state index is 12.4. The SMILES string of the molecule is CCCNC1(C(=O)OC)CCC(C)c2ccccc21. The second kappa shape index (κ2) is 5.74. The fourth-order valence-corrected chi connectivity index (χ4v) is 3.02. The van der Waals surface area contributed by atoms with E-state index in [1.54, 1.807) is 0 Å². The second-order valence-electron chi connectivity index (χ2n) is 5.35. The van der Waals surface area contributed by atoms with Crippen molar-refractivity contribution in [1.29, 1.82) is 0 Å². The molecule has 2 unspecified atom stereocenters. The van der Waals surface area contributed by atoms with Crippen molar-refractivity contribution in [2.75, 3.05) is 13.7 Å². The Morgan fingerprint density at radius 3 is 2.89 bits per heavy atom. The normalized spacial score (nSPS) is 25.7. The Hall–Kier alpha value is -1.35. The minimum atomic E-state index is -0.659. The van der Waals surface area contributed by atoms with Crippen LogP contribution in [0.25, 0.3) is 0 Å². The summed E-state index contributed by atoms with van der Waals surface area (Å²) in [6, 6.07) is 8.24. The molecule has 0 spiro atoms. The van der Waals surface area contributed by atoms with Gasteiger partial charge in [0, 0.05) is 0 Å². The van der Waals surface area contributed by atoms with Crippen LogP contribution in [0.15, 0.2) is 24.3 Å². The molecule has 0 radical (unpaired) electrons. The first kappa shape index (κ1) is 14.1. The minimum absolute atomic E-state index is 0.166.